The third kappa shape index (κ3) is 6.28. The highest BCUT2D eigenvalue weighted by atomic mass is 35.5. The lowest BCUT2D eigenvalue weighted by Gasteiger charge is -2.36. The Morgan fingerprint density at radius 1 is 0.973 bits per heavy atom. The summed E-state index contributed by atoms with van der Waals surface area (Å²) in [6, 6.07) is 13.3. The molecule has 5 nitrogen and oxygen atoms in total. The summed E-state index contributed by atoms with van der Waals surface area (Å²) in [7, 11) is 0. The number of carbonyl (C=O) groups is 2. The van der Waals surface area contributed by atoms with Crippen molar-refractivity contribution in [1.82, 2.24) is 10.3 Å². The Morgan fingerprint density at radius 2 is 1.65 bits per heavy atom. The number of para-hydroxylation sites is 1. The molecule has 3 aromatic rings. The number of pyridine rings is 1. The Kier molecular flexibility index (Phi) is 7.82. The smallest absolute Gasteiger partial charge is 0.340 e. The van der Waals surface area contributed by atoms with Gasteiger partial charge in [-0.1, -0.05) is 42.6 Å². The molecule has 1 saturated carbocycles. The molecule has 1 atom stereocenters. The van der Waals surface area contributed by atoms with Gasteiger partial charge in [-0.15, -0.1) is 0 Å². The summed E-state index contributed by atoms with van der Waals surface area (Å²) < 4.78 is 55.7. The fraction of sp³-hybridized carbons (Fsp3) is 0.296. The molecule has 0 aliphatic heterocycles. The molecule has 2 amide bonds. The molecule has 0 radical (unpaired) electrons. The molecule has 37 heavy (non-hydrogen) atoms. The Morgan fingerprint density at radius 3 is 2.27 bits per heavy atom. The first-order valence-corrected chi connectivity index (χ1v) is 12.1. The van der Waals surface area contributed by atoms with Crippen molar-refractivity contribution >= 4 is 29.1 Å². The SMILES string of the molecule is O=C(CC(NC(=O)C1CCCC1)(c1cc(F)cc(C(F)(F)F)c1)c1ccc(Cl)cn1)Nc1ccccc1. The van der Waals surface area contributed by atoms with Crippen LogP contribution >= 0.6 is 11.6 Å². The van der Waals surface area contributed by atoms with E-state index in [1.54, 1.807) is 30.3 Å². The van der Waals surface area contributed by atoms with Crippen LogP contribution in [0.2, 0.25) is 5.02 Å². The average molecular weight is 534 g/mol. The van der Waals surface area contributed by atoms with Crippen molar-refractivity contribution in [2.24, 2.45) is 5.92 Å². The molecule has 1 aromatic heterocycles. The Hall–Kier alpha value is -3.46. The van der Waals surface area contributed by atoms with Crippen molar-refractivity contribution < 1.29 is 27.2 Å². The fourth-order valence-corrected chi connectivity index (χ4v) is 4.73. The van der Waals surface area contributed by atoms with Crippen molar-refractivity contribution in [2.75, 3.05) is 5.32 Å². The summed E-state index contributed by atoms with van der Waals surface area (Å²) in [5.74, 6) is -2.62. The molecule has 0 spiro atoms. The lowest BCUT2D eigenvalue weighted by atomic mass is 9.81. The van der Waals surface area contributed by atoms with E-state index >= 15 is 0 Å². The highest BCUT2D eigenvalue weighted by Gasteiger charge is 2.43. The lowest BCUT2D eigenvalue weighted by Crippen LogP contribution is -2.51. The standard InChI is InChI=1S/C27H24ClF4N3O2/c28-20-10-11-23(33-16-20)26(35-25(37)17-6-4-5-7-17,15-24(36)34-22-8-2-1-3-9-22)18-12-19(27(30,31)32)14-21(29)13-18/h1-3,8-14,16-17H,4-7,15H2,(H,34,36)(H,35,37). The molecular weight excluding hydrogens is 510 g/mol. The summed E-state index contributed by atoms with van der Waals surface area (Å²) in [6.45, 7) is 0. The van der Waals surface area contributed by atoms with E-state index in [1.165, 1.54) is 18.3 Å². The molecule has 1 heterocycles. The van der Waals surface area contributed by atoms with Gasteiger partial charge in [-0.2, -0.15) is 13.2 Å². The van der Waals surface area contributed by atoms with E-state index < -0.39 is 41.3 Å². The monoisotopic (exact) mass is 533 g/mol. The number of nitrogens with zero attached hydrogens (tertiary/aromatic N) is 1. The molecule has 2 N–H and O–H groups in total. The second kappa shape index (κ2) is 10.9. The number of anilines is 1. The van der Waals surface area contributed by atoms with Crippen LogP contribution in [0.25, 0.3) is 0 Å². The number of benzene rings is 2. The molecular formula is C27H24ClF4N3O2. The van der Waals surface area contributed by atoms with Crippen molar-refractivity contribution in [1.29, 1.82) is 0 Å². The van der Waals surface area contributed by atoms with Crippen molar-refractivity contribution in [3.05, 3.63) is 94.5 Å². The minimum Gasteiger partial charge on any atom is -0.340 e. The molecule has 1 fully saturated rings. The lowest BCUT2D eigenvalue weighted by molar-refractivity contribution is -0.137. The van der Waals surface area contributed by atoms with Gasteiger partial charge in [0.1, 0.15) is 11.4 Å². The van der Waals surface area contributed by atoms with E-state index in [0.717, 1.165) is 25.0 Å². The number of hydrogen-bond donors (Lipinski definition) is 2. The zero-order valence-corrected chi connectivity index (χ0v) is 20.4. The maximum Gasteiger partial charge on any atom is 0.416 e. The van der Waals surface area contributed by atoms with E-state index in [-0.39, 0.29) is 22.2 Å². The minimum atomic E-state index is -4.86. The number of halogens is 5. The van der Waals surface area contributed by atoms with Gasteiger partial charge in [0.25, 0.3) is 0 Å². The van der Waals surface area contributed by atoms with Gasteiger partial charge in [-0.3, -0.25) is 14.6 Å². The Labute approximate surface area is 216 Å². The van der Waals surface area contributed by atoms with Crippen LogP contribution in [0.1, 0.15) is 48.9 Å². The highest BCUT2D eigenvalue weighted by Crippen LogP contribution is 2.39. The number of amides is 2. The van der Waals surface area contributed by atoms with Crippen LogP contribution in [0.3, 0.4) is 0 Å². The van der Waals surface area contributed by atoms with E-state index in [0.29, 0.717) is 24.6 Å². The number of alkyl halides is 3. The van der Waals surface area contributed by atoms with Gasteiger partial charge in [0, 0.05) is 17.8 Å². The van der Waals surface area contributed by atoms with Gasteiger partial charge < -0.3 is 10.6 Å². The quantitative estimate of drug-likeness (QED) is 0.342. The Bertz CT molecular complexity index is 1260. The van der Waals surface area contributed by atoms with Crippen LogP contribution < -0.4 is 10.6 Å². The minimum absolute atomic E-state index is 0.0465. The highest BCUT2D eigenvalue weighted by molar-refractivity contribution is 6.30. The average Bonchev–Trinajstić information content (AvgIpc) is 3.39. The van der Waals surface area contributed by atoms with E-state index in [4.69, 9.17) is 11.6 Å². The topological polar surface area (TPSA) is 71.1 Å². The summed E-state index contributed by atoms with van der Waals surface area (Å²) in [5, 5.41) is 5.74. The third-order valence-corrected chi connectivity index (χ3v) is 6.65. The van der Waals surface area contributed by atoms with Crippen LogP contribution in [-0.4, -0.2) is 16.8 Å². The first kappa shape index (κ1) is 26.6. The predicted octanol–water partition coefficient (Wildman–Crippen LogP) is 6.47. The van der Waals surface area contributed by atoms with Gasteiger partial charge in [-0.25, -0.2) is 4.39 Å². The summed E-state index contributed by atoms with van der Waals surface area (Å²) in [6.07, 6.45) is -1.29. The largest absolute Gasteiger partial charge is 0.416 e. The normalized spacial score (nSPS) is 15.7. The van der Waals surface area contributed by atoms with Crippen molar-refractivity contribution in [3.63, 3.8) is 0 Å². The van der Waals surface area contributed by atoms with Gasteiger partial charge >= 0.3 is 6.18 Å². The van der Waals surface area contributed by atoms with Crippen molar-refractivity contribution in [3.8, 4) is 0 Å². The zero-order chi connectivity index (χ0) is 26.6. The van der Waals surface area contributed by atoms with E-state index in [9.17, 15) is 27.2 Å². The van der Waals surface area contributed by atoms with Crippen LogP contribution in [0, 0.1) is 11.7 Å². The first-order chi connectivity index (χ1) is 17.6. The van der Waals surface area contributed by atoms with Crippen LogP contribution in [-0.2, 0) is 21.3 Å². The van der Waals surface area contributed by atoms with Gasteiger partial charge in [-0.05, 0) is 60.9 Å². The maximum atomic E-state index is 14.6. The number of nitrogens with one attached hydrogen (secondary N) is 2. The molecule has 0 saturated heterocycles. The van der Waals surface area contributed by atoms with Gasteiger partial charge in [0.05, 0.1) is 22.7 Å². The fourth-order valence-electron chi connectivity index (χ4n) is 4.62. The van der Waals surface area contributed by atoms with Crippen molar-refractivity contribution in [2.45, 2.75) is 43.8 Å². The van der Waals surface area contributed by atoms with Crippen LogP contribution in [0.5, 0.6) is 0 Å². The second-order valence-electron chi connectivity index (χ2n) is 9.05. The molecule has 10 heteroatoms. The van der Waals surface area contributed by atoms with Gasteiger partial charge in [0.2, 0.25) is 11.8 Å². The molecule has 1 aliphatic rings. The molecule has 0 bridgehead atoms. The van der Waals surface area contributed by atoms with E-state index in [2.05, 4.69) is 15.6 Å². The number of hydrogen-bond acceptors (Lipinski definition) is 3. The summed E-state index contributed by atoms with van der Waals surface area (Å²) in [4.78, 5) is 30.9. The number of rotatable bonds is 7. The number of carbonyl (C=O) groups excluding carboxylic acids is 2. The van der Waals surface area contributed by atoms with Crippen LogP contribution in [0.4, 0.5) is 23.2 Å². The first-order valence-electron chi connectivity index (χ1n) is 11.7. The molecule has 2 aromatic carbocycles. The predicted molar refractivity (Wildman–Crippen MR) is 131 cm³/mol. The van der Waals surface area contributed by atoms with Gasteiger partial charge in [0.15, 0.2) is 0 Å². The molecule has 194 valence electrons. The second-order valence-corrected chi connectivity index (χ2v) is 9.49. The maximum absolute atomic E-state index is 14.6. The van der Waals surface area contributed by atoms with Crippen LogP contribution in [0.15, 0.2) is 66.9 Å². The molecule has 4 rings (SSSR count). The van der Waals surface area contributed by atoms with E-state index in [1.807, 2.05) is 0 Å². The molecule has 1 aliphatic carbocycles. The summed E-state index contributed by atoms with van der Waals surface area (Å²) >= 11 is 6.00. The third-order valence-electron chi connectivity index (χ3n) is 6.43. The Balaban J connectivity index is 1.87. The summed E-state index contributed by atoms with van der Waals surface area (Å²) in [5.41, 5.74) is -2.93. The molecule has 1 unspecified atom stereocenters. The zero-order valence-electron chi connectivity index (χ0n) is 19.6. The number of aromatic nitrogens is 1.